The summed E-state index contributed by atoms with van der Waals surface area (Å²) in [7, 11) is 0. The second-order valence-corrected chi connectivity index (χ2v) is 15.6. The molecule has 0 unspecified atom stereocenters. The third kappa shape index (κ3) is 18.3. The molecule has 0 fully saturated rings. The first kappa shape index (κ1) is 48.1. The number of aromatic nitrogens is 7. The molecular weight excluding hydrogens is 743 g/mol. The van der Waals surface area contributed by atoms with Crippen molar-refractivity contribution in [2.24, 2.45) is 10.9 Å². The first-order chi connectivity index (χ1) is 25.7. The average molecular weight is 802 g/mol. The van der Waals surface area contributed by atoms with Crippen LogP contribution in [0.2, 0.25) is 0 Å². The Morgan fingerprint density at radius 1 is 0.800 bits per heavy atom. The molecule has 0 radical (unpaired) electrons. The Morgan fingerprint density at radius 2 is 1.47 bits per heavy atom. The zero-order chi connectivity index (χ0) is 41.8. The summed E-state index contributed by atoms with van der Waals surface area (Å²) < 4.78 is 20.3. The number of H-pyrrole nitrogens is 2. The molecule has 5 aromatic heterocycles. The monoisotopic (exact) mass is 801 g/mol. The van der Waals surface area contributed by atoms with E-state index < -0.39 is 0 Å². The highest BCUT2D eigenvalue weighted by Gasteiger charge is 2.12. The molecule has 6 rings (SSSR count). The fourth-order valence-corrected chi connectivity index (χ4v) is 5.10. The molecule has 0 aliphatic carbocycles. The number of hydrogen-bond acceptors (Lipinski definition) is 15. The highest BCUT2D eigenvalue weighted by atomic mass is 32.1. The van der Waals surface area contributed by atoms with Gasteiger partial charge in [-0.25, -0.2) is 10.5 Å². The lowest BCUT2D eigenvalue weighted by atomic mass is 10.1. The number of nitrogens with zero attached hydrogens (tertiary/aromatic N) is 6. The van der Waals surface area contributed by atoms with E-state index in [9.17, 15) is 9.59 Å². The Morgan fingerprint density at radius 3 is 1.75 bits per heavy atom. The summed E-state index contributed by atoms with van der Waals surface area (Å²) in [6, 6.07) is 4.11. The van der Waals surface area contributed by atoms with E-state index >= 15 is 0 Å². The van der Waals surface area contributed by atoms with Gasteiger partial charge >= 0.3 is 0 Å². The molecule has 0 aromatic carbocycles. The summed E-state index contributed by atoms with van der Waals surface area (Å²) in [5.74, 6) is 5.12. The minimum absolute atomic E-state index is 0.0463. The molecule has 15 nitrogen and oxygen atoms in total. The Kier molecular flexibility index (Phi) is 21.4. The van der Waals surface area contributed by atoms with Crippen molar-refractivity contribution < 1.29 is 18.9 Å². The molecule has 1 aliphatic heterocycles. The van der Waals surface area contributed by atoms with Crippen molar-refractivity contribution in [3.63, 3.8) is 0 Å². The molecule has 17 heteroatoms. The van der Waals surface area contributed by atoms with E-state index in [2.05, 4.69) is 98.1 Å². The summed E-state index contributed by atoms with van der Waals surface area (Å²) in [6.07, 6.45) is 3.93. The maximum Gasteiger partial charge on any atom is 0.281 e. The van der Waals surface area contributed by atoms with Gasteiger partial charge in [0.15, 0.2) is 5.75 Å². The number of nitrogens with one attached hydrogen (secondary N) is 3. The second kappa shape index (κ2) is 24.5. The minimum atomic E-state index is -0.341. The third-order valence-corrected chi connectivity index (χ3v) is 8.77. The number of aliphatic imine (C=N–C) groups is 1. The fraction of sp³-hybridized carbons (Fsp3) is 0.526. The van der Waals surface area contributed by atoms with E-state index in [0.717, 1.165) is 46.8 Å². The maximum atomic E-state index is 11.1. The smallest absolute Gasteiger partial charge is 0.281 e. The standard InChI is InChI=1S/C8H10O3.C7H11NO.C7H11NS.C6H10N2O.C5H9N3.C5H8N2OS/c1-5(2)6-3-11-4-7(9)8(6)10;2*1-5(2)7-4-6(3)8-9-7;1-4(2)6-7-5(3)9-8-6;1-4(2)5-6-3-7-8-5;1-3(2)4-5(8)7-9-6-4/h3-5,9H,1-2H3;2*4-5H,1-3H3;4H,3H2,1-2H3,(H,7,8);3-4H,1-2H3,(H,6,7,8);3H,1-2H3,(H,7,8). The van der Waals surface area contributed by atoms with E-state index in [1.54, 1.807) is 11.5 Å². The molecule has 0 amide bonds. The zero-order valence-electron chi connectivity index (χ0n) is 34.5. The number of aromatic hydroxyl groups is 1. The molecule has 1 aliphatic rings. The summed E-state index contributed by atoms with van der Waals surface area (Å²) in [5, 5.41) is 19.2. The Balaban J connectivity index is 0.000000331. The maximum absolute atomic E-state index is 11.1. The number of aromatic amines is 2. The van der Waals surface area contributed by atoms with Crippen LogP contribution < -0.4 is 16.5 Å². The third-order valence-electron chi connectivity index (χ3n) is 7.03. The predicted octanol–water partition coefficient (Wildman–Crippen LogP) is 9.08. The Bertz CT molecular complexity index is 1910. The van der Waals surface area contributed by atoms with Crippen LogP contribution in [0.1, 0.15) is 152 Å². The van der Waals surface area contributed by atoms with Crippen LogP contribution in [-0.4, -0.2) is 44.4 Å². The van der Waals surface area contributed by atoms with Crippen LogP contribution in [0.4, 0.5) is 0 Å². The van der Waals surface area contributed by atoms with Crippen LogP contribution >= 0.6 is 23.3 Å². The summed E-state index contributed by atoms with van der Waals surface area (Å²) in [6.45, 7) is 31.9. The number of amidine groups is 1. The topological polar surface area (TPSA) is 210 Å². The van der Waals surface area contributed by atoms with Crippen molar-refractivity contribution in [2.45, 2.75) is 127 Å². The number of hydroxylamine groups is 1. The fourth-order valence-electron chi connectivity index (χ4n) is 3.74. The number of hydrogen-bond donors (Lipinski definition) is 4. The van der Waals surface area contributed by atoms with Crippen molar-refractivity contribution in [2.75, 3.05) is 0 Å². The molecule has 4 N–H and O–H groups in total. The Labute approximate surface area is 332 Å². The van der Waals surface area contributed by atoms with Crippen molar-refractivity contribution >= 4 is 29.1 Å². The quantitative estimate of drug-likeness (QED) is 0.127. The van der Waals surface area contributed by atoms with Crippen LogP contribution in [0.5, 0.6) is 5.75 Å². The van der Waals surface area contributed by atoms with Crippen molar-refractivity contribution in [1.82, 2.24) is 38.9 Å². The van der Waals surface area contributed by atoms with Gasteiger partial charge in [0, 0.05) is 51.9 Å². The highest BCUT2D eigenvalue weighted by Crippen LogP contribution is 2.19. The van der Waals surface area contributed by atoms with E-state index in [1.165, 1.54) is 17.5 Å². The average Bonchev–Trinajstić information content (AvgIpc) is 3.95. The van der Waals surface area contributed by atoms with Crippen LogP contribution in [0.15, 0.2) is 67.0 Å². The number of rotatable bonds is 6. The molecule has 6 heterocycles. The van der Waals surface area contributed by atoms with Gasteiger partial charge in [-0.15, -0.1) is 0 Å². The lowest BCUT2D eigenvalue weighted by molar-refractivity contribution is 0.176. The van der Waals surface area contributed by atoms with E-state index in [0.29, 0.717) is 40.8 Å². The van der Waals surface area contributed by atoms with Gasteiger partial charge in [-0.05, 0) is 49.9 Å². The molecule has 0 spiro atoms. The van der Waals surface area contributed by atoms with Crippen molar-refractivity contribution in [1.29, 1.82) is 0 Å². The zero-order valence-corrected chi connectivity index (χ0v) is 36.2. The van der Waals surface area contributed by atoms with Gasteiger partial charge in [0.1, 0.15) is 35.7 Å². The molecule has 0 atom stereocenters. The van der Waals surface area contributed by atoms with E-state index in [4.69, 9.17) is 18.9 Å². The first-order valence-corrected chi connectivity index (χ1v) is 19.5. The van der Waals surface area contributed by atoms with E-state index in [-0.39, 0.29) is 28.6 Å². The first-order valence-electron chi connectivity index (χ1n) is 18.0. The summed E-state index contributed by atoms with van der Waals surface area (Å²) >= 11 is 2.71. The van der Waals surface area contributed by atoms with Gasteiger partial charge in [-0.1, -0.05) is 88.2 Å². The van der Waals surface area contributed by atoms with E-state index in [1.807, 2.05) is 61.5 Å². The van der Waals surface area contributed by atoms with Gasteiger partial charge in [-0.3, -0.25) is 19.1 Å². The molecule has 0 saturated carbocycles. The summed E-state index contributed by atoms with van der Waals surface area (Å²) in [4.78, 5) is 35.9. The Hall–Kier alpha value is -4.90. The molecule has 5 aromatic rings. The SMILES string of the molecule is C=C1N=C(C(C)C)NO1.CC(C)c1cocc(O)c1=O.CC(C)c1ncn[nH]1.CC(C)c1ns[nH]c1=O.Cc1cc(C(C)C)on1.Cc1cc(C(C)C)sn1. The van der Waals surface area contributed by atoms with Gasteiger partial charge in [0.2, 0.25) is 11.3 Å². The van der Waals surface area contributed by atoms with Gasteiger partial charge in [-0.2, -0.15) is 18.8 Å². The van der Waals surface area contributed by atoms with Crippen LogP contribution in [-0.2, 0) is 4.84 Å². The van der Waals surface area contributed by atoms with Crippen LogP contribution in [0.3, 0.4) is 0 Å². The highest BCUT2D eigenvalue weighted by molar-refractivity contribution is 7.05. The van der Waals surface area contributed by atoms with Crippen molar-refractivity contribution in [3.05, 3.63) is 103 Å². The van der Waals surface area contributed by atoms with Gasteiger partial charge < -0.3 is 18.9 Å². The van der Waals surface area contributed by atoms with Crippen LogP contribution in [0.25, 0.3) is 0 Å². The van der Waals surface area contributed by atoms with Gasteiger partial charge in [0.05, 0.1) is 17.7 Å². The molecule has 55 heavy (non-hydrogen) atoms. The molecular formula is C38H59N9O6S2. The van der Waals surface area contributed by atoms with Crippen LogP contribution in [0, 0.1) is 19.8 Å². The van der Waals surface area contributed by atoms with Crippen molar-refractivity contribution in [3.8, 4) is 5.75 Å². The second-order valence-electron chi connectivity index (χ2n) is 14.2. The molecule has 304 valence electrons. The van der Waals surface area contributed by atoms with Gasteiger partial charge in [0.25, 0.3) is 5.56 Å². The lowest BCUT2D eigenvalue weighted by Gasteiger charge is -2.01. The normalized spacial score (nSPS) is 11.6. The number of aryl methyl sites for hydroxylation is 2. The largest absolute Gasteiger partial charge is 0.502 e. The molecule has 0 saturated heterocycles. The predicted molar refractivity (Wildman–Crippen MR) is 220 cm³/mol. The summed E-state index contributed by atoms with van der Waals surface area (Å²) in [5.41, 5.74) is 5.51. The molecule has 0 bridgehead atoms. The minimum Gasteiger partial charge on any atom is -0.502 e. The lowest BCUT2D eigenvalue weighted by Crippen LogP contribution is -2.21.